The Balaban J connectivity index is 2.04. The molecule has 2 rings (SSSR count). The van der Waals surface area contributed by atoms with Crippen LogP contribution in [-0.4, -0.2) is 12.4 Å². The SMILES string of the molecule is Cc1cccc(OCC(=O)c2ccc(F)cc2)c1F. The molecule has 2 aromatic carbocycles. The molecule has 0 aromatic heterocycles. The van der Waals surface area contributed by atoms with Gasteiger partial charge in [0.2, 0.25) is 0 Å². The lowest BCUT2D eigenvalue weighted by Gasteiger charge is -2.07. The summed E-state index contributed by atoms with van der Waals surface area (Å²) in [5.74, 6) is -1.19. The maximum atomic E-state index is 13.6. The van der Waals surface area contributed by atoms with Crippen LogP contribution < -0.4 is 4.74 Å². The van der Waals surface area contributed by atoms with E-state index in [4.69, 9.17) is 4.74 Å². The average molecular weight is 262 g/mol. The molecule has 4 heteroatoms. The summed E-state index contributed by atoms with van der Waals surface area (Å²) in [4.78, 5) is 11.8. The fourth-order valence-electron chi connectivity index (χ4n) is 1.59. The molecule has 0 atom stereocenters. The smallest absolute Gasteiger partial charge is 0.200 e. The van der Waals surface area contributed by atoms with Crippen molar-refractivity contribution in [3.05, 3.63) is 65.2 Å². The minimum Gasteiger partial charge on any atom is -0.482 e. The summed E-state index contributed by atoms with van der Waals surface area (Å²) < 4.78 is 31.5. The highest BCUT2D eigenvalue weighted by atomic mass is 19.1. The first-order valence-corrected chi connectivity index (χ1v) is 5.74. The number of halogens is 2. The van der Waals surface area contributed by atoms with Crippen LogP contribution in [0.25, 0.3) is 0 Å². The largest absolute Gasteiger partial charge is 0.482 e. The van der Waals surface area contributed by atoms with Crippen molar-refractivity contribution >= 4 is 5.78 Å². The minimum absolute atomic E-state index is 0.0375. The van der Waals surface area contributed by atoms with Gasteiger partial charge in [0.1, 0.15) is 5.82 Å². The standard InChI is InChI=1S/C15H12F2O2/c1-10-3-2-4-14(15(10)17)19-9-13(18)11-5-7-12(16)8-6-11/h2-8H,9H2,1H3. The van der Waals surface area contributed by atoms with Crippen LogP contribution in [0.5, 0.6) is 5.75 Å². The van der Waals surface area contributed by atoms with Crippen molar-refractivity contribution in [1.29, 1.82) is 0 Å². The number of ketones is 1. The Hall–Kier alpha value is -2.23. The first kappa shape index (κ1) is 13.2. The zero-order chi connectivity index (χ0) is 13.8. The van der Waals surface area contributed by atoms with Gasteiger partial charge >= 0.3 is 0 Å². The van der Waals surface area contributed by atoms with Crippen molar-refractivity contribution in [2.24, 2.45) is 0 Å². The third-order valence-electron chi connectivity index (χ3n) is 2.68. The quantitative estimate of drug-likeness (QED) is 0.788. The van der Waals surface area contributed by atoms with Gasteiger partial charge in [0.05, 0.1) is 0 Å². The van der Waals surface area contributed by atoms with Gasteiger partial charge in [0.25, 0.3) is 0 Å². The number of benzene rings is 2. The van der Waals surface area contributed by atoms with E-state index in [-0.39, 0.29) is 18.1 Å². The third-order valence-corrected chi connectivity index (χ3v) is 2.68. The maximum Gasteiger partial charge on any atom is 0.200 e. The lowest BCUT2D eigenvalue weighted by molar-refractivity contribution is 0.0918. The molecule has 0 amide bonds. The van der Waals surface area contributed by atoms with Crippen molar-refractivity contribution in [3.8, 4) is 5.75 Å². The van der Waals surface area contributed by atoms with E-state index in [1.165, 1.54) is 30.3 Å². The molecule has 2 nitrogen and oxygen atoms in total. The second kappa shape index (κ2) is 5.61. The van der Waals surface area contributed by atoms with E-state index in [1.807, 2.05) is 0 Å². The summed E-state index contributed by atoms with van der Waals surface area (Å²) in [5, 5.41) is 0. The maximum absolute atomic E-state index is 13.6. The van der Waals surface area contributed by atoms with Crippen molar-refractivity contribution in [1.82, 2.24) is 0 Å². The van der Waals surface area contributed by atoms with Crippen LogP contribution in [0, 0.1) is 18.6 Å². The summed E-state index contributed by atoms with van der Waals surface area (Å²) >= 11 is 0. The van der Waals surface area contributed by atoms with E-state index in [1.54, 1.807) is 19.1 Å². The first-order chi connectivity index (χ1) is 9.08. The van der Waals surface area contributed by atoms with Gasteiger partial charge in [-0.25, -0.2) is 8.78 Å². The van der Waals surface area contributed by atoms with Crippen LogP contribution in [0.2, 0.25) is 0 Å². The second-order valence-corrected chi connectivity index (χ2v) is 4.11. The molecule has 2 aromatic rings. The van der Waals surface area contributed by atoms with E-state index in [0.717, 1.165) is 0 Å². The number of Topliss-reactive ketones (excluding diaryl/α,β-unsaturated/α-hetero) is 1. The third kappa shape index (κ3) is 3.16. The van der Waals surface area contributed by atoms with E-state index in [9.17, 15) is 13.6 Å². The van der Waals surface area contributed by atoms with Crippen LogP contribution in [0.15, 0.2) is 42.5 Å². The highest BCUT2D eigenvalue weighted by Gasteiger charge is 2.10. The van der Waals surface area contributed by atoms with Crippen molar-refractivity contribution in [2.45, 2.75) is 6.92 Å². The molecule has 0 radical (unpaired) electrons. The molecule has 0 saturated carbocycles. The number of carbonyl (C=O) groups excluding carboxylic acids is 1. The Morgan fingerprint density at radius 3 is 2.47 bits per heavy atom. The van der Waals surface area contributed by atoms with Crippen molar-refractivity contribution in [2.75, 3.05) is 6.61 Å². The summed E-state index contributed by atoms with van der Waals surface area (Å²) in [6.45, 7) is 1.33. The summed E-state index contributed by atoms with van der Waals surface area (Å²) in [6, 6.07) is 9.85. The summed E-state index contributed by atoms with van der Waals surface area (Å²) in [5.41, 5.74) is 0.779. The van der Waals surface area contributed by atoms with Crippen LogP contribution in [-0.2, 0) is 0 Å². The van der Waals surface area contributed by atoms with Gasteiger partial charge in [0, 0.05) is 5.56 Å². The monoisotopic (exact) mass is 262 g/mol. The zero-order valence-electron chi connectivity index (χ0n) is 10.3. The van der Waals surface area contributed by atoms with Crippen LogP contribution in [0.3, 0.4) is 0 Å². The molecule has 0 unspecified atom stereocenters. The fourth-order valence-corrected chi connectivity index (χ4v) is 1.59. The summed E-state index contributed by atoms with van der Waals surface area (Å²) in [7, 11) is 0. The number of ether oxygens (including phenoxy) is 1. The molecular formula is C15H12F2O2. The van der Waals surface area contributed by atoms with Gasteiger partial charge in [-0.05, 0) is 42.8 Å². The van der Waals surface area contributed by atoms with Gasteiger partial charge in [-0.1, -0.05) is 12.1 Å². The van der Waals surface area contributed by atoms with Gasteiger partial charge in [-0.2, -0.15) is 0 Å². The predicted octanol–water partition coefficient (Wildman–Crippen LogP) is 3.53. The molecule has 0 saturated heterocycles. The Kier molecular flexibility index (Phi) is 3.90. The number of hydrogen-bond donors (Lipinski definition) is 0. The molecule has 0 N–H and O–H groups in total. The number of aryl methyl sites for hydroxylation is 1. The number of hydrogen-bond acceptors (Lipinski definition) is 2. The van der Waals surface area contributed by atoms with E-state index >= 15 is 0 Å². The molecule has 0 heterocycles. The number of rotatable bonds is 4. The number of carbonyl (C=O) groups is 1. The zero-order valence-corrected chi connectivity index (χ0v) is 10.3. The van der Waals surface area contributed by atoms with Gasteiger partial charge in [0.15, 0.2) is 24.0 Å². The molecule has 0 spiro atoms. The molecule has 0 fully saturated rings. The lowest BCUT2D eigenvalue weighted by Crippen LogP contribution is -2.12. The molecule has 0 bridgehead atoms. The van der Waals surface area contributed by atoms with Gasteiger partial charge in [-0.15, -0.1) is 0 Å². The lowest BCUT2D eigenvalue weighted by atomic mass is 10.1. The van der Waals surface area contributed by atoms with Crippen LogP contribution >= 0.6 is 0 Å². The average Bonchev–Trinajstić information content (AvgIpc) is 2.41. The molecular weight excluding hydrogens is 250 g/mol. The molecule has 0 aliphatic rings. The topological polar surface area (TPSA) is 26.3 Å². The Labute approximate surface area is 109 Å². The van der Waals surface area contributed by atoms with E-state index < -0.39 is 11.6 Å². The summed E-state index contributed by atoms with van der Waals surface area (Å²) in [6.07, 6.45) is 0. The predicted molar refractivity (Wildman–Crippen MR) is 67.4 cm³/mol. The minimum atomic E-state index is -0.477. The Morgan fingerprint density at radius 2 is 1.79 bits per heavy atom. The molecule has 98 valence electrons. The van der Waals surface area contributed by atoms with Crippen molar-refractivity contribution in [3.63, 3.8) is 0 Å². The Morgan fingerprint density at radius 1 is 1.11 bits per heavy atom. The highest BCUT2D eigenvalue weighted by molar-refractivity contribution is 5.97. The molecule has 0 aliphatic heterocycles. The fraction of sp³-hybridized carbons (Fsp3) is 0.133. The van der Waals surface area contributed by atoms with E-state index in [0.29, 0.717) is 11.1 Å². The van der Waals surface area contributed by atoms with Crippen LogP contribution in [0.1, 0.15) is 15.9 Å². The highest BCUT2D eigenvalue weighted by Crippen LogP contribution is 2.19. The van der Waals surface area contributed by atoms with E-state index in [2.05, 4.69) is 0 Å². The first-order valence-electron chi connectivity index (χ1n) is 5.74. The normalized spacial score (nSPS) is 10.3. The van der Waals surface area contributed by atoms with Crippen molar-refractivity contribution < 1.29 is 18.3 Å². The van der Waals surface area contributed by atoms with Crippen LogP contribution in [0.4, 0.5) is 8.78 Å². The Bertz CT molecular complexity index is 592. The van der Waals surface area contributed by atoms with Gasteiger partial charge in [-0.3, -0.25) is 4.79 Å². The molecule has 19 heavy (non-hydrogen) atoms. The molecule has 0 aliphatic carbocycles. The second-order valence-electron chi connectivity index (χ2n) is 4.11. The van der Waals surface area contributed by atoms with Gasteiger partial charge < -0.3 is 4.74 Å².